The van der Waals surface area contributed by atoms with E-state index in [1.807, 2.05) is 39.0 Å². The Bertz CT molecular complexity index is 494. The molecule has 5 nitrogen and oxygen atoms in total. The van der Waals surface area contributed by atoms with Crippen LogP contribution in [0.1, 0.15) is 25.8 Å². The largest absolute Gasteiger partial charge is 0.491 e. The van der Waals surface area contributed by atoms with E-state index in [1.54, 1.807) is 0 Å². The second kappa shape index (κ2) is 5.81. The molecule has 5 heteroatoms. The molecule has 0 aromatic heterocycles. The van der Waals surface area contributed by atoms with Crippen LogP contribution in [0.4, 0.5) is 5.69 Å². The summed E-state index contributed by atoms with van der Waals surface area (Å²) in [7, 11) is 0. The zero-order chi connectivity index (χ0) is 14.8. The number of benzene rings is 1. The Morgan fingerprint density at radius 2 is 2.25 bits per heavy atom. The van der Waals surface area contributed by atoms with Gasteiger partial charge < -0.3 is 20.5 Å². The zero-order valence-electron chi connectivity index (χ0n) is 12.2. The normalized spacial score (nSPS) is 22.1. The molecule has 1 aromatic rings. The topological polar surface area (TPSA) is 73.6 Å². The van der Waals surface area contributed by atoms with E-state index < -0.39 is 5.54 Å². The van der Waals surface area contributed by atoms with Gasteiger partial charge >= 0.3 is 0 Å². The van der Waals surface area contributed by atoms with E-state index in [0.29, 0.717) is 13.0 Å². The lowest BCUT2D eigenvalue weighted by atomic mass is 9.99. The van der Waals surface area contributed by atoms with Gasteiger partial charge in [0.25, 0.3) is 0 Å². The van der Waals surface area contributed by atoms with Crippen molar-refractivity contribution in [3.63, 3.8) is 0 Å². The average molecular weight is 278 g/mol. The van der Waals surface area contributed by atoms with Crippen LogP contribution in [0.25, 0.3) is 0 Å². The highest BCUT2D eigenvalue weighted by Crippen LogP contribution is 2.24. The van der Waals surface area contributed by atoms with Crippen LogP contribution in [-0.2, 0) is 9.53 Å². The van der Waals surface area contributed by atoms with Crippen molar-refractivity contribution in [1.82, 2.24) is 0 Å². The summed E-state index contributed by atoms with van der Waals surface area (Å²) in [4.78, 5) is 12.2. The molecule has 1 amide bonds. The third-order valence-corrected chi connectivity index (χ3v) is 3.32. The first-order valence-electron chi connectivity index (χ1n) is 6.86. The highest BCUT2D eigenvalue weighted by atomic mass is 16.5. The van der Waals surface area contributed by atoms with Gasteiger partial charge in [0.2, 0.25) is 5.91 Å². The fourth-order valence-electron chi connectivity index (χ4n) is 2.13. The van der Waals surface area contributed by atoms with E-state index >= 15 is 0 Å². The Balaban J connectivity index is 2.08. The second-order valence-corrected chi connectivity index (χ2v) is 5.56. The van der Waals surface area contributed by atoms with Gasteiger partial charge in [-0.2, -0.15) is 0 Å². The number of nitrogens with two attached hydrogens (primary N) is 1. The van der Waals surface area contributed by atoms with Crippen molar-refractivity contribution in [2.75, 3.05) is 18.5 Å². The standard InChI is InChI=1S/C15H22N2O3/c1-10(2)20-12-4-5-13(11(3)8-12)17-14(18)15(16)6-7-19-9-15/h4-5,8,10H,6-7,9,16H2,1-3H3,(H,17,18). The summed E-state index contributed by atoms with van der Waals surface area (Å²) in [6.45, 7) is 6.68. The first kappa shape index (κ1) is 14.8. The summed E-state index contributed by atoms with van der Waals surface area (Å²) in [5.74, 6) is 0.595. The van der Waals surface area contributed by atoms with Gasteiger partial charge in [-0.15, -0.1) is 0 Å². The number of aryl methyl sites for hydroxylation is 1. The average Bonchev–Trinajstić information content (AvgIpc) is 2.80. The first-order chi connectivity index (χ1) is 9.40. The summed E-state index contributed by atoms with van der Waals surface area (Å²) < 4.78 is 10.8. The Hall–Kier alpha value is -1.59. The molecule has 1 aromatic carbocycles. The Morgan fingerprint density at radius 1 is 1.50 bits per heavy atom. The molecule has 1 fully saturated rings. The predicted octanol–water partition coefficient (Wildman–Crippen LogP) is 1.84. The predicted molar refractivity (Wildman–Crippen MR) is 77.9 cm³/mol. The lowest BCUT2D eigenvalue weighted by molar-refractivity contribution is -0.121. The number of carbonyl (C=O) groups excluding carboxylic acids is 1. The Labute approximate surface area is 119 Å². The minimum absolute atomic E-state index is 0.123. The van der Waals surface area contributed by atoms with Crippen molar-refractivity contribution in [2.24, 2.45) is 5.73 Å². The van der Waals surface area contributed by atoms with Gasteiger partial charge in [-0.3, -0.25) is 4.79 Å². The van der Waals surface area contributed by atoms with Crippen molar-refractivity contribution in [3.05, 3.63) is 23.8 Å². The number of ether oxygens (including phenoxy) is 2. The van der Waals surface area contributed by atoms with Gasteiger partial charge in [0.15, 0.2) is 0 Å². The van der Waals surface area contributed by atoms with Crippen molar-refractivity contribution in [2.45, 2.75) is 38.8 Å². The molecule has 1 aliphatic heterocycles. The number of hydrogen-bond acceptors (Lipinski definition) is 4. The smallest absolute Gasteiger partial charge is 0.246 e. The maximum absolute atomic E-state index is 12.2. The summed E-state index contributed by atoms with van der Waals surface area (Å²) in [6, 6.07) is 5.59. The molecule has 0 spiro atoms. The van der Waals surface area contributed by atoms with Crippen LogP contribution in [-0.4, -0.2) is 30.8 Å². The summed E-state index contributed by atoms with van der Waals surface area (Å²) in [5, 5.41) is 2.87. The monoisotopic (exact) mass is 278 g/mol. The number of anilines is 1. The third-order valence-electron chi connectivity index (χ3n) is 3.32. The molecule has 1 atom stereocenters. The zero-order valence-corrected chi connectivity index (χ0v) is 12.2. The fraction of sp³-hybridized carbons (Fsp3) is 0.533. The maximum Gasteiger partial charge on any atom is 0.246 e. The van der Waals surface area contributed by atoms with Gasteiger partial charge in [0.05, 0.1) is 12.7 Å². The summed E-state index contributed by atoms with van der Waals surface area (Å²) >= 11 is 0. The van der Waals surface area contributed by atoms with Gasteiger partial charge in [0.1, 0.15) is 11.3 Å². The number of carbonyl (C=O) groups is 1. The van der Waals surface area contributed by atoms with Crippen LogP contribution in [0.3, 0.4) is 0 Å². The van der Waals surface area contributed by atoms with Crippen molar-refractivity contribution < 1.29 is 14.3 Å². The molecule has 0 radical (unpaired) electrons. The third kappa shape index (κ3) is 3.29. The van der Waals surface area contributed by atoms with Crippen LogP contribution >= 0.6 is 0 Å². The van der Waals surface area contributed by atoms with Crippen LogP contribution in [0.15, 0.2) is 18.2 Å². The van der Waals surface area contributed by atoms with E-state index in [1.165, 1.54) is 0 Å². The van der Waals surface area contributed by atoms with Crippen LogP contribution < -0.4 is 15.8 Å². The quantitative estimate of drug-likeness (QED) is 0.881. The molecule has 2 rings (SSSR count). The van der Waals surface area contributed by atoms with Crippen molar-refractivity contribution in [1.29, 1.82) is 0 Å². The van der Waals surface area contributed by atoms with E-state index in [2.05, 4.69) is 5.32 Å². The SMILES string of the molecule is Cc1cc(OC(C)C)ccc1NC(=O)C1(N)CCOC1. The van der Waals surface area contributed by atoms with Gasteiger partial charge in [-0.25, -0.2) is 0 Å². The van der Waals surface area contributed by atoms with Gasteiger partial charge in [-0.05, 0) is 51.0 Å². The first-order valence-corrected chi connectivity index (χ1v) is 6.86. The van der Waals surface area contributed by atoms with E-state index in [-0.39, 0.29) is 18.6 Å². The van der Waals surface area contributed by atoms with Crippen LogP contribution in [0, 0.1) is 6.92 Å². The number of nitrogens with one attached hydrogen (secondary N) is 1. The molecule has 1 unspecified atom stereocenters. The molecule has 0 saturated carbocycles. The molecular weight excluding hydrogens is 256 g/mol. The Morgan fingerprint density at radius 3 is 2.80 bits per heavy atom. The molecule has 1 aliphatic rings. The highest BCUT2D eigenvalue weighted by Gasteiger charge is 2.38. The van der Waals surface area contributed by atoms with Crippen molar-refractivity contribution in [3.8, 4) is 5.75 Å². The van der Waals surface area contributed by atoms with Crippen LogP contribution in [0.5, 0.6) is 5.75 Å². The molecule has 1 saturated heterocycles. The molecule has 3 N–H and O–H groups in total. The van der Waals surface area contributed by atoms with Crippen LogP contribution in [0.2, 0.25) is 0 Å². The molecule has 0 aliphatic carbocycles. The molecule has 1 heterocycles. The molecule has 20 heavy (non-hydrogen) atoms. The second-order valence-electron chi connectivity index (χ2n) is 5.56. The highest BCUT2D eigenvalue weighted by molar-refractivity contribution is 5.98. The van der Waals surface area contributed by atoms with E-state index in [9.17, 15) is 4.79 Å². The number of hydrogen-bond donors (Lipinski definition) is 2. The molecule has 0 bridgehead atoms. The lowest BCUT2D eigenvalue weighted by Gasteiger charge is -2.21. The number of amides is 1. The minimum atomic E-state index is -0.917. The molecular formula is C15H22N2O3. The lowest BCUT2D eigenvalue weighted by Crippen LogP contribution is -2.51. The van der Waals surface area contributed by atoms with Gasteiger partial charge in [0, 0.05) is 12.3 Å². The van der Waals surface area contributed by atoms with E-state index in [4.69, 9.17) is 15.2 Å². The fourth-order valence-corrected chi connectivity index (χ4v) is 2.13. The minimum Gasteiger partial charge on any atom is -0.491 e. The van der Waals surface area contributed by atoms with E-state index in [0.717, 1.165) is 17.0 Å². The van der Waals surface area contributed by atoms with Gasteiger partial charge in [-0.1, -0.05) is 0 Å². The molecule has 110 valence electrons. The summed E-state index contributed by atoms with van der Waals surface area (Å²) in [5.41, 5.74) is 6.81. The number of rotatable bonds is 4. The Kier molecular flexibility index (Phi) is 4.30. The maximum atomic E-state index is 12.2. The summed E-state index contributed by atoms with van der Waals surface area (Å²) in [6.07, 6.45) is 0.671. The van der Waals surface area contributed by atoms with Crippen molar-refractivity contribution >= 4 is 11.6 Å².